The van der Waals surface area contributed by atoms with E-state index >= 15 is 0 Å². The summed E-state index contributed by atoms with van der Waals surface area (Å²) < 4.78 is 11.5. The zero-order valence-corrected chi connectivity index (χ0v) is 15.0. The highest BCUT2D eigenvalue weighted by Crippen LogP contribution is 2.59. The van der Waals surface area contributed by atoms with Crippen LogP contribution < -0.4 is 5.76 Å². The Bertz CT molecular complexity index is 875. The lowest BCUT2D eigenvalue weighted by Crippen LogP contribution is -2.48. The molecule has 0 aromatic carbocycles. The summed E-state index contributed by atoms with van der Waals surface area (Å²) in [5.41, 5.74) is 1.50. The molecule has 25 heavy (non-hydrogen) atoms. The van der Waals surface area contributed by atoms with Crippen LogP contribution in [-0.4, -0.2) is 22.4 Å². The molecule has 6 nitrogen and oxygen atoms in total. The third-order valence-corrected chi connectivity index (χ3v) is 6.46. The van der Waals surface area contributed by atoms with E-state index in [0.717, 1.165) is 21.9 Å². The highest BCUT2D eigenvalue weighted by Gasteiger charge is 2.51. The Labute approximate surface area is 149 Å². The molecule has 2 aromatic heterocycles. The first-order valence-electron chi connectivity index (χ1n) is 8.41. The Morgan fingerprint density at radius 1 is 1.52 bits per heavy atom. The van der Waals surface area contributed by atoms with Gasteiger partial charge in [0.2, 0.25) is 0 Å². The Morgan fingerprint density at radius 3 is 3.04 bits per heavy atom. The van der Waals surface area contributed by atoms with Crippen molar-refractivity contribution in [3.63, 3.8) is 0 Å². The maximum absolute atomic E-state index is 12.1. The number of carbonyl (C=O) groups is 1. The van der Waals surface area contributed by atoms with Gasteiger partial charge < -0.3 is 9.15 Å². The molecular formula is C18H20N2O4S. The lowest BCUT2D eigenvalue weighted by Gasteiger charge is -2.56. The SMILES string of the molecule is CC1(C)[C@H]2CC=C(COC(=O)Cn3nc(-c4cccs4)oc3=O)[C@@H]1C2. The van der Waals surface area contributed by atoms with Gasteiger partial charge >= 0.3 is 11.7 Å². The number of fused-ring (bicyclic) bond motifs is 1. The Kier molecular flexibility index (Phi) is 3.91. The van der Waals surface area contributed by atoms with Gasteiger partial charge in [0.1, 0.15) is 13.2 Å². The number of allylic oxidation sites excluding steroid dienone is 1. The number of esters is 1. The van der Waals surface area contributed by atoms with Crippen LogP contribution in [0.4, 0.5) is 0 Å². The number of thiophene rings is 1. The van der Waals surface area contributed by atoms with Gasteiger partial charge in [0.25, 0.3) is 5.89 Å². The summed E-state index contributed by atoms with van der Waals surface area (Å²) >= 11 is 1.42. The molecule has 0 saturated heterocycles. The molecule has 0 radical (unpaired) electrons. The molecule has 3 aliphatic carbocycles. The smallest absolute Gasteiger partial charge is 0.437 e. The predicted molar refractivity (Wildman–Crippen MR) is 93.1 cm³/mol. The summed E-state index contributed by atoms with van der Waals surface area (Å²) in [6, 6.07) is 3.65. The standard InChI is InChI=1S/C18H20N2O4S/c1-18(2)12-6-5-11(13(18)8-12)10-23-15(21)9-20-17(22)24-16(19-20)14-4-3-7-25-14/h3-5,7,12-13H,6,8-10H2,1-2H3/t12-,13-/m0/s1. The third kappa shape index (κ3) is 2.86. The fourth-order valence-corrected chi connectivity index (χ4v) is 4.52. The van der Waals surface area contributed by atoms with Crippen molar-refractivity contribution in [2.75, 3.05) is 6.61 Å². The van der Waals surface area contributed by atoms with Gasteiger partial charge in [-0.3, -0.25) is 4.79 Å². The highest BCUT2D eigenvalue weighted by atomic mass is 32.1. The monoisotopic (exact) mass is 360 g/mol. The number of ether oxygens (including phenoxy) is 1. The number of hydrogen-bond acceptors (Lipinski definition) is 6. The van der Waals surface area contributed by atoms with Crippen LogP contribution >= 0.6 is 11.3 Å². The first-order valence-corrected chi connectivity index (χ1v) is 9.29. The van der Waals surface area contributed by atoms with Gasteiger partial charge in [0.05, 0.1) is 4.88 Å². The van der Waals surface area contributed by atoms with E-state index in [2.05, 4.69) is 25.0 Å². The molecule has 2 aromatic rings. The summed E-state index contributed by atoms with van der Waals surface area (Å²) in [7, 11) is 0. The molecule has 0 amide bonds. The van der Waals surface area contributed by atoms with Crippen molar-refractivity contribution in [2.24, 2.45) is 17.3 Å². The van der Waals surface area contributed by atoms with Crippen molar-refractivity contribution >= 4 is 17.3 Å². The second-order valence-corrected chi connectivity index (χ2v) is 8.24. The lowest BCUT2D eigenvalue weighted by atomic mass is 9.49. The largest absolute Gasteiger partial charge is 0.460 e. The molecule has 1 fully saturated rings. The van der Waals surface area contributed by atoms with E-state index in [1.807, 2.05) is 17.5 Å². The molecule has 7 heteroatoms. The second-order valence-electron chi connectivity index (χ2n) is 7.29. The van der Waals surface area contributed by atoms with E-state index < -0.39 is 11.7 Å². The van der Waals surface area contributed by atoms with Crippen LogP contribution in [0.5, 0.6) is 0 Å². The quantitative estimate of drug-likeness (QED) is 0.605. The minimum absolute atomic E-state index is 0.227. The van der Waals surface area contributed by atoms with Crippen LogP contribution in [0.2, 0.25) is 0 Å². The highest BCUT2D eigenvalue weighted by molar-refractivity contribution is 7.13. The minimum atomic E-state index is -0.653. The van der Waals surface area contributed by atoms with Crippen LogP contribution in [-0.2, 0) is 16.1 Å². The Balaban J connectivity index is 1.37. The maximum atomic E-state index is 12.1. The molecule has 2 bridgehead atoms. The van der Waals surface area contributed by atoms with E-state index in [-0.39, 0.29) is 12.4 Å². The molecule has 2 heterocycles. The van der Waals surface area contributed by atoms with E-state index in [9.17, 15) is 9.59 Å². The van der Waals surface area contributed by atoms with E-state index in [4.69, 9.17) is 9.15 Å². The van der Waals surface area contributed by atoms with Crippen molar-refractivity contribution in [1.29, 1.82) is 0 Å². The molecule has 0 spiro atoms. The van der Waals surface area contributed by atoms with Crippen molar-refractivity contribution in [3.05, 3.63) is 39.7 Å². The summed E-state index contributed by atoms with van der Waals surface area (Å²) in [5, 5.41) is 5.93. The van der Waals surface area contributed by atoms with E-state index in [1.165, 1.54) is 23.3 Å². The number of aromatic nitrogens is 2. The van der Waals surface area contributed by atoms with Gasteiger partial charge in [-0.15, -0.1) is 16.4 Å². The first kappa shape index (κ1) is 16.3. The number of nitrogens with zero attached hydrogens (tertiary/aromatic N) is 2. The Morgan fingerprint density at radius 2 is 2.36 bits per heavy atom. The topological polar surface area (TPSA) is 74.3 Å². The summed E-state index contributed by atoms with van der Waals surface area (Å²) in [4.78, 5) is 24.7. The van der Waals surface area contributed by atoms with Crippen LogP contribution in [0.1, 0.15) is 26.7 Å². The molecular weight excluding hydrogens is 340 g/mol. The van der Waals surface area contributed by atoms with Gasteiger partial charge in [-0.1, -0.05) is 26.0 Å². The molecule has 0 aliphatic heterocycles. The zero-order valence-electron chi connectivity index (χ0n) is 14.2. The molecule has 0 unspecified atom stereocenters. The van der Waals surface area contributed by atoms with Gasteiger partial charge in [-0.05, 0) is 47.1 Å². The fraction of sp³-hybridized carbons (Fsp3) is 0.500. The predicted octanol–water partition coefficient (Wildman–Crippen LogP) is 3.10. The fourth-order valence-electron chi connectivity index (χ4n) is 3.88. The minimum Gasteiger partial charge on any atom is -0.460 e. The van der Waals surface area contributed by atoms with Gasteiger partial charge in [0.15, 0.2) is 0 Å². The third-order valence-electron chi connectivity index (χ3n) is 5.60. The van der Waals surface area contributed by atoms with Crippen molar-refractivity contribution in [2.45, 2.75) is 33.2 Å². The molecule has 3 aliphatic rings. The average Bonchev–Trinajstić information content (AvgIpc) is 3.23. The normalized spacial score (nSPS) is 23.7. The lowest BCUT2D eigenvalue weighted by molar-refractivity contribution is -0.144. The molecule has 1 saturated carbocycles. The van der Waals surface area contributed by atoms with Crippen LogP contribution in [0.3, 0.4) is 0 Å². The summed E-state index contributed by atoms with van der Waals surface area (Å²) in [5.74, 6) is 0.346. The van der Waals surface area contributed by atoms with E-state index in [1.54, 1.807) is 0 Å². The van der Waals surface area contributed by atoms with Gasteiger partial charge in [-0.2, -0.15) is 4.68 Å². The van der Waals surface area contributed by atoms with Crippen LogP contribution in [0, 0.1) is 17.3 Å². The first-order chi connectivity index (χ1) is 11.9. The van der Waals surface area contributed by atoms with E-state index in [0.29, 0.717) is 17.9 Å². The van der Waals surface area contributed by atoms with Gasteiger partial charge in [-0.25, -0.2) is 4.79 Å². The number of hydrogen-bond donors (Lipinski definition) is 0. The molecule has 5 rings (SSSR count). The van der Waals surface area contributed by atoms with Crippen molar-refractivity contribution in [1.82, 2.24) is 9.78 Å². The number of rotatable bonds is 5. The van der Waals surface area contributed by atoms with Crippen molar-refractivity contribution in [3.8, 4) is 10.8 Å². The van der Waals surface area contributed by atoms with Crippen LogP contribution in [0.25, 0.3) is 10.8 Å². The Hall–Kier alpha value is -2.15. The zero-order chi connectivity index (χ0) is 17.6. The summed E-state index contributed by atoms with van der Waals surface area (Å²) in [6.45, 7) is 4.62. The molecule has 0 N–H and O–H groups in total. The molecule has 2 atom stereocenters. The second kappa shape index (κ2) is 5.98. The van der Waals surface area contributed by atoms with Gasteiger partial charge in [0, 0.05) is 0 Å². The summed E-state index contributed by atoms with van der Waals surface area (Å²) in [6.07, 6.45) is 4.45. The average molecular weight is 360 g/mol. The van der Waals surface area contributed by atoms with Crippen LogP contribution in [0.15, 0.2) is 38.4 Å². The van der Waals surface area contributed by atoms with Crippen molar-refractivity contribution < 1.29 is 13.9 Å². The maximum Gasteiger partial charge on any atom is 0.437 e. The molecule has 132 valence electrons. The number of carbonyl (C=O) groups excluding carboxylic acids is 1.